The molecule has 0 atom stereocenters. The third-order valence-electron chi connectivity index (χ3n) is 3.37. The van der Waals surface area contributed by atoms with Gasteiger partial charge in [-0.3, -0.25) is 9.69 Å². The number of amides is 3. The Kier molecular flexibility index (Phi) is 4.90. The summed E-state index contributed by atoms with van der Waals surface area (Å²) in [7, 11) is -0.868. The maximum absolute atomic E-state index is 12.3. The van der Waals surface area contributed by atoms with Crippen molar-refractivity contribution in [2.45, 2.75) is 11.8 Å². The smallest absolute Gasteiger partial charge is 0.324 e. The van der Waals surface area contributed by atoms with Gasteiger partial charge in [0.05, 0.1) is 0 Å². The average molecular weight is 341 g/mol. The fourth-order valence-corrected chi connectivity index (χ4v) is 3.17. The Morgan fingerprint density at radius 3 is 2.65 bits per heavy atom. The van der Waals surface area contributed by atoms with Gasteiger partial charge in [-0.2, -0.15) is 0 Å². The van der Waals surface area contributed by atoms with Crippen molar-refractivity contribution in [2.75, 3.05) is 33.8 Å². The number of hydrogen-bond donors (Lipinski definition) is 1. The van der Waals surface area contributed by atoms with E-state index in [1.807, 2.05) is 0 Å². The number of carbonyl (C=O) groups is 2. The molecule has 1 aromatic carbocycles. The fraction of sp³-hybridized carbons (Fsp3) is 0.429. The molecule has 0 spiro atoms. The number of nitrogens with one attached hydrogen (secondary N) is 1. The zero-order chi connectivity index (χ0) is 17.2. The maximum Gasteiger partial charge on any atom is 0.324 e. The quantitative estimate of drug-likeness (QED) is 0.824. The van der Waals surface area contributed by atoms with Gasteiger partial charge in [-0.1, -0.05) is 6.07 Å². The largest absolute Gasteiger partial charge is 0.482 e. The molecule has 0 aliphatic carbocycles. The van der Waals surface area contributed by atoms with Crippen molar-refractivity contribution in [3.8, 4) is 5.75 Å². The first-order chi connectivity index (χ1) is 10.7. The van der Waals surface area contributed by atoms with Crippen molar-refractivity contribution in [1.29, 1.82) is 0 Å². The maximum atomic E-state index is 12.3. The molecule has 1 N–H and O–H groups in total. The molecule has 0 aromatic heterocycles. The van der Waals surface area contributed by atoms with Crippen molar-refractivity contribution >= 4 is 22.0 Å². The zero-order valence-electron chi connectivity index (χ0n) is 13.2. The number of rotatable bonds is 5. The molecule has 3 amide bonds. The summed E-state index contributed by atoms with van der Waals surface area (Å²) in [6.07, 6.45) is 0. The summed E-state index contributed by atoms with van der Waals surface area (Å²) < 4.78 is 31.1. The first kappa shape index (κ1) is 17.2. The monoisotopic (exact) mass is 341 g/mol. The molecule has 9 heteroatoms. The number of imide groups is 1. The summed E-state index contributed by atoms with van der Waals surface area (Å²) in [5.41, 5.74) is 0.753. The number of carbonyl (C=O) groups excluding carboxylic acids is 2. The molecule has 0 radical (unpaired) electrons. The van der Waals surface area contributed by atoms with Crippen LogP contribution in [-0.4, -0.2) is 63.4 Å². The standard InChI is InChI=1S/C14H19N3O5S/c1-10-4-5-11(12(8-10)23(20,21)16(2)3)22-9-13(18)17-7-6-15-14(17)19/h4-5,8H,6-7,9H2,1-3H3,(H,15,19). The van der Waals surface area contributed by atoms with Crippen LogP contribution in [0.2, 0.25) is 0 Å². The molecular weight excluding hydrogens is 322 g/mol. The highest BCUT2D eigenvalue weighted by Crippen LogP contribution is 2.27. The lowest BCUT2D eigenvalue weighted by Crippen LogP contribution is -2.37. The van der Waals surface area contributed by atoms with E-state index in [9.17, 15) is 18.0 Å². The molecule has 2 rings (SSSR count). The number of urea groups is 1. The highest BCUT2D eigenvalue weighted by Gasteiger charge is 2.27. The molecule has 0 unspecified atom stereocenters. The predicted molar refractivity (Wildman–Crippen MR) is 82.7 cm³/mol. The average Bonchev–Trinajstić information content (AvgIpc) is 2.91. The normalized spacial score (nSPS) is 15.0. The van der Waals surface area contributed by atoms with Crippen molar-refractivity contribution in [2.24, 2.45) is 0 Å². The van der Waals surface area contributed by atoms with Crippen LogP contribution in [0.5, 0.6) is 5.75 Å². The van der Waals surface area contributed by atoms with Crippen LogP contribution in [0.3, 0.4) is 0 Å². The van der Waals surface area contributed by atoms with Crippen LogP contribution in [0.15, 0.2) is 23.1 Å². The second kappa shape index (κ2) is 6.55. The van der Waals surface area contributed by atoms with E-state index >= 15 is 0 Å². The van der Waals surface area contributed by atoms with Gasteiger partial charge in [0.15, 0.2) is 6.61 Å². The number of nitrogens with zero attached hydrogens (tertiary/aromatic N) is 2. The van der Waals surface area contributed by atoms with Gasteiger partial charge in [-0.05, 0) is 24.6 Å². The molecule has 126 valence electrons. The summed E-state index contributed by atoms with van der Waals surface area (Å²) >= 11 is 0. The number of ether oxygens (including phenoxy) is 1. The van der Waals surface area contributed by atoms with E-state index in [-0.39, 0.29) is 17.2 Å². The molecule has 1 heterocycles. The van der Waals surface area contributed by atoms with Gasteiger partial charge in [-0.15, -0.1) is 0 Å². The Morgan fingerprint density at radius 2 is 2.09 bits per heavy atom. The van der Waals surface area contributed by atoms with Crippen LogP contribution in [-0.2, 0) is 14.8 Å². The Bertz CT molecular complexity index is 730. The molecule has 0 saturated carbocycles. The van der Waals surface area contributed by atoms with Crippen molar-refractivity contribution in [3.63, 3.8) is 0 Å². The highest BCUT2D eigenvalue weighted by molar-refractivity contribution is 7.89. The predicted octanol–water partition coefficient (Wildman–Crippen LogP) is 0.176. The fourth-order valence-electron chi connectivity index (χ4n) is 2.06. The number of hydrogen-bond acceptors (Lipinski definition) is 5. The van der Waals surface area contributed by atoms with Gasteiger partial charge in [0, 0.05) is 27.2 Å². The first-order valence-corrected chi connectivity index (χ1v) is 8.41. The third-order valence-corrected chi connectivity index (χ3v) is 5.20. The van der Waals surface area contributed by atoms with Crippen LogP contribution < -0.4 is 10.1 Å². The van der Waals surface area contributed by atoms with Crippen molar-refractivity contribution in [1.82, 2.24) is 14.5 Å². The van der Waals surface area contributed by atoms with Crippen molar-refractivity contribution in [3.05, 3.63) is 23.8 Å². The summed E-state index contributed by atoms with van der Waals surface area (Å²) in [4.78, 5) is 24.4. The lowest BCUT2D eigenvalue weighted by molar-refractivity contribution is -0.129. The van der Waals surface area contributed by atoms with E-state index in [4.69, 9.17) is 4.74 Å². The summed E-state index contributed by atoms with van der Waals surface area (Å²) in [6.45, 7) is 2.03. The molecule has 0 bridgehead atoms. The van der Waals surface area contributed by atoms with E-state index in [2.05, 4.69) is 5.32 Å². The molecule has 1 fully saturated rings. The zero-order valence-corrected chi connectivity index (χ0v) is 14.0. The summed E-state index contributed by atoms with van der Waals surface area (Å²) in [5.74, 6) is -0.439. The second-order valence-corrected chi connectivity index (χ2v) is 7.42. The topological polar surface area (TPSA) is 96.0 Å². The van der Waals surface area contributed by atoms with Crippen LogP contribution in [0.25, 0.3) is 0 Å². The van der Waals surface area contributed by atoms with Crippen LogP contribution in [0, 0.1) is 6.92 Å². The Hall–Kier alpha value is -2.13. The summed E-state index contributed by atoms with van der Waals surface area (Å²) in [5, 5.41) is 2.51. The van der Waals surface area contributed by atoms with E-state index < -0.39 is 28.6 Å². The van der Waals surface area contributed by atoms with E-state index in [1.165, 1.54) is 26.2 Å². The lowest BCUT2D eigenvalue weighted by Gasteiger charge is -2.17. The van der Waals surface area contributed by atoms with Crippen LogP contribution in [0.1, 0.15) is 5.56 Å². The van der Waals surface area contributed by atoms with Gasteiger partial charge in [0.1, 0.15) is 10.6 Å². The lowest BCUT2D eigenvalue weighted by atomic mass is 10.2. The third kappa shape index (κ3) is 3.62. The Morgan fingerprint density at radius 1 is 1.39 bits per heavy atom. The van der Waals surface area contributed by atoms with Crippen LogP contribution in [0.4, 0.5) is 4.79 Å². The van der Waals surface area contributed by atoms with Gasteiger partial charge >= 0.3 is 6.03 Å². The second-order valence-electron chi connectivity index (χ2n) is 5.30. The minimum atomic E-state index is -3.70. The number of sulfonamides is 1. The molecule has 1 aliphatic heterocycles. The molecule has 1 saturated heterocycles. The molecular formula is C14H19N3O5S. The van der Waals surface area contributed by atoms with Gasteiger partial charge < -0.3 is 10.1 Å². The number of benzene rings is 1. The minimum Gasteiger partial charge on any atom is -0.482 e. The number of aryl methyl sites for hydroxylation is 1. The molecule has 1 aromatic rings. The first-order valence-electron chi connectivity index (χ1n) is 6.97. The molecule has 1 aliphatic rings. The van der Waals surface area contributed by atoms with Gasteiger partial charge in [0.2, 0.25) is 10.0 Å². The van der Waals surface area contributed by atoms with Crippen molar-refractivity contribution < 1.29 is 22.7 Å². The SMILES string of the molecule is Cc1ccc(OCC(=O)N2CCNC2=O)c(S(=O)(=O)N(C)C)c1. The van der Waals surface area contributed by atoms with E-state index in [0.717, 1.165) is 14.8 Å². The van der Waals surface area contributed by atoms with E-state index in [0.29, 0.717) is 6.54 Å². The molecule has 23 heavy (non-hydrogen) atoms. The van der Waals surface area contributed by atoms with Gasteiger partial charge in [0.25, 0.3) is 5.91 Å². The van der Waals surface area contributed by atoms with Crippen LogP contribution >= 0.6 is 0 Å². The Balaban J connectivity index is 2.20. The highest BCUT2D eigenvalue weighted by atomic mass is 32.2. The molecule has 8 nitrogen and oxygen atoms in total. The Labute approximate surface area is 135 Å². The van der Waals surface area contributed by atoms with E-state index in [1.54, 1.807) is 13.0 Å². The van der Waals surface area contributed by atoms with Gasteiger partial charge in [-0.25, -0.2) is 17.5 Å². The summed E-state index contributed by atoms with van der Waals surface area (Å²) in [6, 6.07) is 4.21. The minimum absolute atomic E-state index is 0.0128.